The Morgan fingerprint density at radius 3 is 2.86 bits per heavy atom. The van der Waals surface area contributed by atoms with E-state index in [2.05, 4.69) is 4.98 Å². The van der Waals surface area contributed by atoms with Crippen LogP contribution in [0.4, 0.5) is 18.9 Å². The molecule has 1 saturated heterocycles. The molecule has 1 aromatic carbocycles. The third-order valence-corrected chi connectivity index (χ3v) is 3.73. The van der Waals surface area contributed by atoms with Crippen molar-refractivity contribution in [2.24, 2.45) is 0 Å². The molecular formula is C15H15F3N2O2. The van der Waals surface area contributed by atoms with E-state index in [4.69, 9.17) is 4.74 Å². The van der Waals surface area contributed by atoms with Gasteiger partial charge in [-0.15, -0.1) is 0 Å². The number of hydrogen-bond acceptors (Lipinski definition) is 4. The molecule has 1 N–H and O–H groups in total. The molecule has 1 atom stereocenters. The second-order valence-electron chi connectivity index (χ2n) is 5.18. The van der Waals surface area contributed by atoms with E-state index >= 15 is 0 Å². The molecule has 1 aromatic heterocycles. The van der Waals surface area contributed by atoms with Gasteiger partial charge in [0.15, 0.2) is 0 Å². The van der Waals surface area contributed by atoms with E-state index in [1.165, 1.54) is 12.3 Å². The van der Waals surface area contributed by atoms with Gasteiger partial charge >= 0.3 is 6.18 Å². The fourth-order valence-corrected chi connectivity index (χ4v) is 2.63. The lowest BCUT2D eigenvalue weighted by molar-refractivity contribution is -0.137. The number of hydrogen-bond donors (Lipinski definition) is 1. The van der Waals surface area contributed by atoms with Crippen molar-refractivity contribution in [1.29, 1.82) is 0 Å². The highest BCUT2D eigenvalue weighted by Gasteiger charge is 2.31. The minimum atomic E-state index is -4.38. The maximum absolute atomic E-state index is 12.8. The van der Waals surface area contributed by atoms with Crippen LogP contribution in [-0.2, 0) is 10.9 Å². The van der Waals surface area contributed by atoms with Crippen LogP contribution < -0.4 is 4.90 Å². The van der Waals surface area contributed by atoms with Crippen LogP contribution in [0.3, 0.4) is 0 Å². The maximum Gasteiger partial charge on any atom is 0.416 e. The van der Waals surface area contributed by atoms with Gasteiger partial charge in [0.2, 0.25) is 0 Å². The van der Waals surface area contributed by atoms with Gasteiger partial charge in [-0.2, -0.15) is 13.2 Å². The summed E-state index contributed by atoms with van der Waals surface area (Å²) in [6.07, 6.45) is -3.17. The fourth-order valence-electron chi connectivity index (χ4n) is 2.63. The number of rotatable bonds is 2. The third-order valence-electron chi connectivity index (χ3n) is 3.73. The Hall–Kier alpha value is -1.86. The summed E-state index contributed by atoms with van der Waals surface area (Å²) in [5, 5.41) is 9.87. The first-order valence-electron chi connectivity index (χ1n) is 6.92. The molecule has 1 fully saturated rings. The Morgan fingerprint density at radius 2 is 2.14 bits per heavy atom. The molecule has 1 aliphatic heterocycles. The van der Waals surface area contributed by atoms with Gasteiger partial charge in [-0.05, 0) is 18.2 Å². The second kappa shape index (κ2) is 5.73. The monoisotopic (exact) mass is 312 g/mol. The molecule has 0 spiro atoms. The van der Waals surface area contributed by atoms with Crippen molar-refractivity contribution in [1.82, 2.24) is 4.98 Å². The molecule has 1 aliphatic rings. The van der Waals surface area contributed by atoms with E-state index in [9.17, 15) is 18.3 Å². The van der Waals surface area contributed by atoms with Crippen LogP contribution in [0.2, 0.25) is 0 Å². The summed E-state index contributed by atoms with van der Waals surface area (Å²) in [7, 11) is 0. The molecule has 22 heavy (non-hydrogen) atoms. The van der Waals surface area contributed by atoms with Crippen LogP contribution in [0.5, 0.6) is 0 Å². The van der Waals surface area contributed by atoms with Crippen LogP contribution in [0, 0.1) is 0 Å². The molecule has 3 rings (SSSR count). The zero-order valence-corrected chi connectivity index (χ0v) is 11.7. The number of aliphatic hydroxyl groups is 1. The second-order valence-corrected chi connectivity index (χ2v) is 5.18. The molecule has 1 unspecified atom stereocenters. The maximum atomic E-state index is 12.8. The molecule has 7 heteroatoms. The normalized spacial score (nSPS) is 19.6. The Morgan fingerprint density at radius 1 is 1.32 bits per heavy atom. The number of fused-ring (bicyclic) bond motifs is 1. The Balaban J connectivity index is 2.00. The van der Waals surface area contributed by atoms with Gasteiger partial charge in [0.1, 0.15) is 0 Å². The van der Waals surface area contributed by atoms with E-state index in [-0.39, 0.29) is 12.7 Å². The first kappa shape index (κ1) is 15.1. The molecule has 118 valence electrons. The molecule has 0 aliphatic carbocycles. The summed E-state index contributed by atoms with van der Waals surface area (Å²) < 4.78 is 43.8. The quantitative estimate of drug-likeness (QED) is 0.925. The van der Waals surface area contributed by atoms with Crippen LogP contribution in [0.25, 0.3) is 10.9 Å². The first-order chi connectivity index (χ1) is 10.5. The summed E-state index contributed by atoms with van der Waals surface area (Å²) in [5.74, 6) is 0. The highest BCUT2D eigenvalue weighted by molar-refractivity contribution is 5.92. The lowest BCUT2D eigenvalue weighted by Gasteiger charge is -2.34. The number of pyridine rings is 1. The van der Waals surface area contributed by atoms with E-state index in [0.717, 1.165) is 17.8 Å². The van der Waals surface area contributed by atoms with Gasteiger partial charge in [0.05, 0.1) is 30.4 Å². The van der Waals surface area contributed by atoms with Crippen LogP contribution in [0.15, 0.2) is 30.5 Å². The Kier molecular flexibility index (Phi) is 3.92. The SMILES string of the molecule is OCC1CN(c2ccnc3cc(C(F)(F)F)ccc23)CCO1. The molecule has 0 amide bonds. The molecular weight excluding hydrogens is 297 g/mol. The van der Waals surface area contributed by atoms with Gasteiger partial charge in [0, 0.05) is 30.4 Å². The summed E-state index contributed by atoms with van der Waals surface area (Å²) in [6.45, 7) is 1.50. The minimum absolute atomic E-state index is 0.0856. The largest absolute Gasteiger partial charge is 0.416 e. The average molecular weight is 312 g/mol. The first-order valence-corrected chi connectivity index (χ1v) is 6.92. The van der Waals surface area contributed by atoms with Crippen LogP contribution in [-0.4, -0.2) is 42.5 Å². The summed E-state index contributed by atoms with van der Waals surface area (Å²) in [5.41, 5.74) is 0.403. The average Bonchev–Trinajstić information content (AvgIpc) is 2.53. The van der Waals surface area contributed by atoms with Crippen LogP contribution in [0.1, 0.15) is 5.56 Å². The zero-order chi connectivity index (χ0) is 15.7. The van der Waals surface area contributed by atoms with Crippen molar-refractivity contribution < 1.29 is 23.0 Å². The molecule has 4 nitrogen and oxygen atoms in total. The van der Waals surface area contributed by atoms with Gasteiger partial charge in [-0.25, -0.2) is 0 Å². The summed E-state index contributed by atoms with van der Waals surface area (Å²) >= 11 is 0. The van der Waals surface area contributed by atoms with E-state index < -0.39 is 11.7 Å². The number of nitrogens with zero attached hydrogens (tertiary/aromatic N) is 2. The number of benzene rings is 1. The van der Waals surface area contributed by atoms with E-state index in [1.807, 2.05) is 4.90 Å². The highest BCUT2D eigenvalue weighted by atomic mass is 19.4. The molecule has 0 saturated carbocycles. The van der Waals surface area contributed by atoms with E-state index in [0.29, 0.717) is 30.6 Å². The topological polar surface area (TPSA) is 45.6 Å². The molecule has 0 radical (unpaired) electrons. The van der Waals surface area contributed by atoms with Crippen molar-refractivity contribution >= 4 is 16.6 Å². The number of morpholine rings is 1. The number of aliphatic hydroxyl groups excluding tert-OH is 1. The van der Waals surface area contributed by atoms with Gasteiger partial charge < -0.3 is 14.7 Å². The van der Waals surface area contributed by atoms with Crippen molar-refractivity contribution in [3.05, 3.63) is 36.0 Å². The lowest BCUT2D eigenvalue weighted by Crippen LogP contribution is -2.44. The van der Waals surface area contributed by atoms with E-state index in [1.54, 1.807) is 6.07 Å². The number of ether oxygens (including phenoxy) is 1. The zero-order valence-electron chi connectivity index (χ0n) is 11.7. The molecule has 2 aromatic rings. The number of halogens is 3. The van der Waals surface area contributed by atoms with Gasteiger partial charge in [-0.3, -0.25) is 4.98 Å². The summed E-state index contributed by atoms with van der Waals surface area (Å²) in [6, 6.07) is 5.35. The lowest BCUT2D eigenvalue weighted by atomic mass is 10.1. The Labute approximate surface area is 125 Å². The predicted molar refractivity (Wildman–Crippen MR) is 75.8 cm³/mol. The smallest absolute Gasteiger partial charge is 0.394 e. The number of alkyl halides is 3. The minimum Gasteiger partial charge on any atom is -0.394 e. The molecule has 0 bridgehead atoms. The molecule has 2 heterocycles. The Bertz CT molecular complexity index is 675. The summed E-state index contributed by atoms with van der Waals surface area (Å²) in [4.78, 5) is 6.04. The van der Waals surface area contributed by atoms with Crippen molar-refractivity contribution in [2.75, 3.05) is 31.2 Å². The fraction of sp³-hybridized carbons (Fsp3) is 0.400. The number of anilines is 1. The van der Waals surface area contributed by atoms with Crippen molar-refractivity contribution in [3.63, 3.8) is 0 Å². The standard InChI is InChI=1S/C15H15F3N2O2/c16-15(17,18)10-1-2-12-13(7-10)19-4-3-14(12)20-5-6-22-11(8-20)9-21/h1-4,7,11,21H,5-6,8-9H2. The predicted octanol–water partition coefficient (Wildman–Crippen LogP) is 2.45. The number of aromatic nitrogens is 1. The van der Waals surface area contributed by atoms with Crippen LogP contribution >= 0.6 is 0 Å². The highest BCUT2D eigenvalue weighted by Crippen LogP contribution is 2.33. The van der Waals surface area contributed by atoms with Gasteiger partial charge in [-0.1, -0.05) is 6.07 Å². The third kappa shape index (κ3) is 2.86. The van der Waals surface area contributed by atoms with Crippen molar-refractivity contribution in [3.8, 4) is 0 Å². The van der Waals surface area contributed by atoms with Crippen molar-refractivity contribution in [2.45, 2.75) is 12.3 Å². The van der Waals surface area contributed by atoms with Gasteiger partial charge in [0.25, 0.3) is 0 Å².